The Hall–Kier alpha value is -2.63. The summed E-state index contributed by atoms with van der Waals surface area (Å²) in [5, 5.41) is 54.6. The highest BCUT2D eigenvalue weighted by Crippen LogP contribution is 2.23. The van der Waals surface area contributed by atoms with Crippen LogP contribution in [-0.2, 0) is 14.3 Å². The molecule has 1 rings (SSSR count). The fourth-order valence-electron chi connectivity index (χ4n) is 10.4. The summed E-state index contributed by atoms with van der Waals surface area (Å²) in [5.41, 5.74) is 0. The maximum absolute atomic E-state index is 13.1. The van der Waals surface area contributed by atoms with Crippen molar-refractivity contribution >= 4 is 5.91 Å². The minimum absolute atomic E-state index is 0.187. The number of hydrogen-bond donors (Lipinski definition) is 6. The number of allylic oxidation sites excluding steroid dienone is 13. The summed E-state index contributed by atoms with van der Waals surface area (Å²) in [7, 11) is 0. The van der Waals surface area contributed by atoms with Crippen LogP contribution in [0.15, 0.2) is 85.1 Å². The van der Waals surface area contributed by atoms with Gasteiger partial charge in [0.25, 0.3) is 0 Å². The predicted octanol–water partition coefficient (Wildman–Crippen LogP) is 18.1. The van der Waals surface area contributed by atoms with E-state index in [-0.39, 0.29) is 12.5 Å². The summed E-state index contributed by atoms with van der Waals surface area (Å²) in [6, 6.07) is -0.830. The van der Waals surface area contributed by atoms with Gasteiger partial charge < -0.3 is 40.3 Å². The molecule has 1 saturated heterocycles. The van der Waals surface area contributed by atoms with Crippen molar-refractivity contribution in [3.63, 3.8) is 0 Å². The number of nitrogens with one attached hydrogen (secondary N) is 1. The molecule has 1 aliphatic rings. The van der Waals surface area contributed by atoms with E-state index in [0.717, 1.165) is 70.6 Å². The van der Waals surface area contributed by atoms with Crippen molar-refractivity contribution in [2.75, 3.05) is 13.2 Å². The Labute approximate surface area is 492 Å². The van der Waals surface area contributed by atoms with Gasteiger partial charge in [-0.1, -0.05) is 298 Å². The van der Waals surface area contributed by atoms with E-state index in [1.165, 1.54) is 212 Å². The SMILES string of the molecule is CC/C=C\C/C=C\C/C=C\C/C=C\CCCCCCCCCCCCCCCCCCCCCCCCCCCCC(=O)NC(COC1OC(CO)C(O)C(O)C1O)C(O)/C=C/CC/C=C/CC/C=C/CCCCCCCCCC. The van der Waals surface area contributed by atoms with Gasteiger partial charge in [0.2, 0.25) is 5.91 Å². The van der Waals surface area contributed by atoms with Crippen LogP contribution in [0.5, 0.6) is 0 Å². The first kappa shape index (κ1) is 75.4. The van der Waals surface area contributed by atoms with E-state index in [4.69, 9.17) is 9.47 Å². The molecule has 6 N–H and O–H groups in total. The van der Waals surface area contributed by atoms with Gasteiger partial charge in [0.15, 0.2) is 6.29 Å². The van der Waals surface area contributed by atoms with Crippen LogP contribution in [0.3, 0.4) is 0 Å². The number of amides is 1. The summed E-state index contributed by atoms with van der Waals surface area (Å²) in [5.74, 6) is -0.187. The molecule has 9 heteroatoms. The molecule has 0 radical (unpaired) electrons. The Kier molecular flexibility index (Phi) is 56.1. The molecule has 0 aromatic carbocycles. The zero-order valence-corrected chi connectivity index (χ0v) is 51.8. The first-order valence-corrected chi connectivity index (χ1v) is 33.8. The van der Waals surface area contributed by atoms with E-state index in [1.807, 2.05) is 6.08 Å². The van der Waals surface area contributed by atoms with Gasteiger partial charge in [-0.05, 0) is 83.5 Å². The topological polar surface area (TPSA) is 149 Å². The Morgan fingerprint density at radius 1 is 0.438 bits per heavy atom. The third-order valence-electron chi connectivity index (χ3n) is 15.7. The largest absolute Gasteiger partial charge is 0.394 e. The molecule has 0 aliphatic carbocycles. The van der Waals surface area contributed by atoms with Gasteiger partial charge in [0.1, 0.15) is 24.4 Å². The number of hydrogen-bond acceptors (Lipinski definition) is 8. The normalized spacial score (nSPS) is 19.0. The van der Waals surface area contributed by atoms with Gasteiger partial charge in [0.05, 0.1) is 25.4 Å². The zero-order valence-electron chi connectivity index (χ0n) is 51.8. The molecule has 0 aromatic rings. The van der Waals surface area contributed by atoms with Crippen LogP contribution in [0, 0.1) is 0 Å². The summed E-state index contributed by atoms with van der Waals surface area (Å²) >= 11 is 0. The molecule has 0 bridgehead atoms. The van der Waals surface area contributed by atoms with Gasteiger partial charge in [-0.25, -0.2) is 0 Å². The van der Waals surface area contributed by atoms with Gasteiger partial charge >= 0.3 is 0 Å². The molecule has 1 aliphatic heterocycles. The lowest BCUT2D eigenvalue weighted by Gasteiger charge is -2.40. The average molecular weight is 1120 g/mol. The minimum Gasteiger partial charge on any atom is -0.394 e. The molecule has 1 heterocycles. The van der Waals surface area contributed by atoms with Crippen LogP contribution < -0.4 is 5.32 Å². The van der Waals surface area contributed by atoms with E-state index in [9.17, 15) is 30.3 Å². The Balaban J connectivity index is 2.08. The number of aliphatic hydroxyl groups excluding tert-OH is 5. The number of unbranched alkanes of at least 4 members (excludes halogenated alkanes) is 36. The van der Waals surface area contributed by atoms with Gasteiger partial charge in [0, 0.05) is 6.42 Å². The van der Waals surface area contributed by atoms with E-state index in [1.54, 1.807) is 6.08 Å². The van der Waals surface area contributed by atoms with E-state index in [2.05, 4.69) is 92.1 Å². The number of aliphatic hydroxyl groups is 5. The molecule has 0 saturated carbocycles. The number of rotatable bonds is 58. The van der Waals surface area contributed by atoms with Crippen molar-refractivity contribution in [1.82, 2.24) is 5.32 Å². The quantitative estimate of drug-likeness (QED) is 0.0261. The molecule has 9 nitrogen and oxygen atoms in total. The van der Waals surface area contributed by atoms with Crippen molar-refractivity contribution < 1.29 is 39.8 Å². The second kappa shape index (κ2) is 59.5. The summed E-state index contributed by atoms with van der Waals surface area (Å²) in [6.45, 7) is 3.66. The fourth-order valence-corrected chi connectivity index (χ4v) is 10.4. The smallest absolute Gasteiger partial charge is 0.220 e. The molecule has 7 atom stereocenters. The zero-order chi connectivity index (χ0) is 57.9. The van der Waals surface area contributed by atoms with Crippen molar-refractivity contribution in [2.45, 2.75) is 346 Å². The number of carbonyl (C=O) groups excluding carboxylic acids is 1. The van der Waals surface area contributed by atoms with Crippen molar-refractivity contribution in [3.8, 4) is 0 Å². The molecular weight excluding hydrogens is 995 g/mol. The Bertz CT molecular complexity index is 1540. The van der Waals surface area contributed by atoms with Crippen LogP contribution in [0.4, 0.5) is 0 Å². The first-order chi connectivity index (χ1) is 39.3. The van der Waals surface area contributed by atoms with Crippen LogP contribution >= 0.6 is 0 Å². The van der Waals surface area contributed by atoms with Crippen LogP contribution in [0.1, 0.15) is 303 Å². The van der Waals surface area contributed by atoms with E-state index < -0.39 is 49.5 Å². The maximum atomic E-state index is 13.1. The van der Waals surface area contributed by atoms with E-state index >= 15 is 0 Å². The number of carbonyl (C=O) groups is 1. The highest BCUT2D eigenvalue weighted by molar-refractivity contribution is 5.76. The maximum Gasteiger partial charge on any atom is 0.220 e. The second-order valence-electron chi connectivity index (χ2n) is 23.2. The predicted molar refractivity (Wildman–Crippen MR) is 341 cm³/mol. The van der Waals surface area contributed by atoms with Gasteiger partial charge in [-0.2, -0.15) is 0 Å². The fraction of sp³-hybridized carbons (Fsp3) is 0.789. The second-order valence-corrected chi connectivity index (χ2v) is 23.2. The summed E-state index contributed by atoms with van der Waals surface area (Å²) < 4.78 is 11.3. The summed E-state index contributed by atoms with van der Waals surface area (Å²) in [4.78, 5) is 13.1. The molecule has 7 unspecified atom stereocenters. The lowest BCUT2D eigenvalue weighted by atomic mass is 9.99. The van der Waals surface area contributed by atoms with E-state index in [0.29, 0.717) is 6.42 Å². The molecule has 0 spiro atoms. The molecular formula is C71H127NO8. The van der Waals surface area contributed by atoms with Crippen molar-refractivity contribution in [1.29, 1.82) is 0 Å². The van der Waals surface area contributed by atoms with Crippen LogP contribution in [0.25, 0.3) is 0 Å². The molecule has 1 amide bonds. The monoisotopic (exact) mass is 1120 g/mol. The number of ether oxygens (including phenoxy) is 2. The van der Waals surface area contributed by atoms with Crippen LogP contribution in [-0.4, -0.2) is 87.5 Å². The Morgan fingerprint density at radius 2 is 0.787 bits per heavy atom. The first-order valence-electron chi connectivity index (χ1n) is 33.8. The van der Waals surface area contributed by atoms with Gasteiger partial charge in [-0.15, -0.1) is 0 Å². The molecule has 464 valence electrons. The standard InChI is InChI=1S/C71H127NO8/c1-3-5-7-9-11-13-15-17-19-21-23-24-25-26-27-28-29-30-31-32-33-34-35-36-37-38-39-40-41-42-43-45-47-49-51-53-55-57-59-61-67(75)72-64(63-79-71-70(78)69(77)68(76)66(62-73)80-71)65(74)60-58-56-54-52-50-48-46-44-22-20-18-16-14-12-10-8-6-4-2/h5,7,11,13,17,19,22-24,44,50,52,58,60,64-66,68-71,73-74,76-78H,3-4,6,8-10,12,14-16,18,20-21,25-43,45-49,51,53-57,59,61-63H2,1-2H3,(H,72,75)/b7-5-,13-11-,19-17-,24-23-,44-22+,52-50+,60-58+. The Morgan fingerprint density at radius 3 is 1.20 bits per heavy atom. The van der Waals surface area contributed by atoms with Crippen molar-refractivity contribution in [2.24, 2.45) is 0 Å². The van der Waals surface area contributed by atoms with Crippen LogP contribution in [0.2, 0.25) is 0 Å². The van der Waals surface area contributed by atoms with Gasteiger partial charge in [-0.3, -0.25) is 4.79 Å². The molecule has 1 fully saturated rings. The summed E-state index contributed by atoms with van der Waals surface area (Å²) in [6.07, 6.45) is 78.4. The molecule has 0 aromatic heterocycles. The lowest BCUT2D eigenvalue weighted by molar-refractivity contribution is -0.302. The third-order valence-corrected chi connectivity index (χ3v) is 15.7. The van der Waals surface area contributed by atoms with Crippen molar-refractivity contribution in [3.05, 3.63) is 85.1 Å². The lowest BCUT2D eigenvalue weighted by Crippen LogP contribution is -2.60. The highest BCUT2D eigenvalue weighted by Gasteiger charge is 2.44. The average Bonchev–Trinajstić information content (AvgIpc) is 3.46. The third kappa shape index (κ3) is 47.8. The molecule has 80 heavy (non-hydrogen) atoms. The highest BCUT2D eigenvalue weighted by atomic mass is 16.7. The minimum atomic E-state index is -1.58.